The molecule has 3 heterocycles. The summed E-state index contributed by atoms with van der Waals surface area (Å²) in [6, 6.07) is 15.9. The van der Waals surface area contributed by atoms with E-state index in [2.05, 4.69) is 56.1 Å². The quantitative estimate of drug-likeness (QED) is 0.467. The van der Waals surface area contributed by atoms with E-state index in [1.807, 2.05) is 23.2 Å². The average molecular weight is 445 g/mol. The van der Waals surface area contributed by atoms with Gasteiger partial charge in [0.15, 0.2) is 17.3 Å². The predicted molar refractivity (Wildman–Crippen MR) is 130 cm³/mol. The Bertz CT molecular complexity index is 1230. The summed E-state index contributed by atoms with van der Waals surface area (Å²) in [4.78, 5) is 19.0. The van der Waals surface area contributed by atoms with Crippen LogP contribution in [0.4, 0.5) is 17.2 Å². The molecule has 33 heavy (non-hydrogen) atoms. The molecule has 0 saturated carbocycles. The van der Waals surface area contributed by atoms with Gasteiger partial charge in [0, 0.05) is 50.7 Å². The van der Waals surface area contributed by atoms with Crippen molar-refractivity contribution < 1.29 is 9.84 Å². The lowest BCUT2D eigenvalue weighted by molar-refractivity contribution is 0.148. The van der Waals surface area contributed by atoms with Gasteiger partial charge in [-0.1, -0.05) is 12.1 Å². The van der Waals surface area contributed by atoms with Gasteiger partial charge < -0.3 is 19.7 Å². The molecule has 0 spiro atoms. The number of phenols is 1. The van der Waals surface area contributed by atoms with Crippen molar-refractivity contribution in [3.05, 3.63) is 66.6 Å². The van der Waals surface area contributed by atoms with Crippen molar-refractivity contribution in [2.24, 2.45) is 0 Å². The maximum Gasteiger partial charge on any atom is 0.160 e. The summed E-state index contributed by atoms with van der Waals surface area (Å²) >= 11 is 0. The first-order valence-corrected chi connectivity index (χ1v) is 11.1. The molecule has 1 aliphatic rings. The van der Waals surface area contributed by atoms with E-state index in [0.717, 1.165) is 60.9 Å². The number of benzene rings is 2. The highest BCUT2D eigenvalue weighted by Gasteiger charge is 2.20. The van der Waals surface area contributed by atoms with Crippen LogP contribution in [0.1, 0.15) is 5.56 Å². The number of likely N-dealkylation sites (N-methyl/N-ethyl adjacent to an activating group) is 1. The number of aromatic hydroxyl groups is 1. The van der Waals surface area contributed by atoms with Crippen LogP contribution in [0.5, 0.6) is 11.5 Å². The molecule has 2 aromatic heterocycles. The Morgan fingerprint density at radius 3 is 2.48 bits per heavy atom. The van der Waals surface area contributed by atoms with Gasteiger partial charge in [-0.05, 0) is 42.9 Å². The van der Waals surface area contributed by atoms with E-state index in [9.17, 15) is 5.11 Å². The molecule has 4 aromatic rings. The fourth-order valence-corrected chi connectivity index (χ4v) is 4.26. The van der Waals surface area contributed by atoms with Crippen LogP contribution < -0.4 is 9.64 Å². The van der Waals surface area contributed by atoms with Crippen molar-refractivity contribution >= 4 is 28.2 Å². The molecule has 0 amide bonds. The van der Waals surface area contributed by atoms with Crippen LogP contribution in [-0.4, -0.2) is 70.2 Å². The number of hydrogen-bond acceptors (Lipinski definition) is 7. The maximum atomic E-state index is 10.5. The fourth-order valence-electron chi connectivity index (χ4n) is 4.26. The molecule has 1 fully saturated rings. The topological polar surface area (TPSA) is 80.8 Å². The van der Waals surface area contributed by atoms with Gasteiger partial charge in [0.1, 0.15) is 12.0 Å². The van der Waals surface area contributed by atoms with E-state index in [1.165, 1.54) is 5.56 Å². The lowest BCUT2D eigenvalue weighted by atomic mass is 10.1. The van der Waals surface area contributed by atoms with Crippen molar-refractivity contribution in [3.63, 3.8) is 0 Å². The zero-order chi connectivity index (χ0) is 22.8. The predicted octanol–water partition coefficient (Wildman–Crippen LogP) is 3.89. The average Bonchev–Trinajstić information content (AvgIpc) is 3.32. The van der Waals surface area contributed by atoms with Crippen LogP contribution >= 0.6 is 0 Å². The summed E-state index contributed by atoms with van der Waals surface area (Å²) in [6.45, 7) is 5.32. The molecule has 0 radical (unpaired) electrons. The monoisotopic (exact) mass is 444 g/mol. The summed E-state index contributed by atoms with van der Waals surface area (Å²) in [5.41, 5.74) is 3.76. The number of methoxy groups -OCH3 is 1. The summed E-state index contributed by atoms with van der Waals surface area (Å²) in [5, 5.41) is 11.4. The van der Waals surface area contributed by atoms with Crippen molar-refractivity contribution in [1.82, 2.24) is 24.8 Å². The van der Waals surface area contributed by atoms with E-state index in [0.29, 0.717) is 5.75 Å². The van der Waals surface area contributed by atoms with E-state index in [-0.39, 0.29) is 5.75 Å². The minimum atomic E-state index is 0.0751. The Morgan fingerprint density at radius 1 is 1.00 bits per heavy atom. The third kappa shape index (κ3) is 4.35. The summed E-state index contributed by atoms with van der Waals surface area (Å²) in [5.74, 6) is 1.24. The Labute approximate surface area is 193 Å². The Kier molecular flexibility index (Phi) is 5.85. The summed E-state index contributed by atoms with van der Waals surface area (Å²) in [6.07, 6.45) is 3.40. The minimum absolute atomic E-state index is 0.0751. The van der Waals surface area contributed by atoms with E-state index in [4.69, 9.17) is 4.74 Å². The van der Waals surface area contributed by atoms with Crippen LogP contribution in [0.2, 0.25) is 0 Å². The van der Waals surface area contributed by atoms with Crippen LogP contribution in [0.15, 0.2) is 61.1 Å². The highest BCUT2D eigenvalue weighted by atomic mass is 16.5. The molecule has 8 heteroatoms. The van der Waals surface area contributed by atoms with E-state index in [1.54, 1.807) is 25.6 Å². The second-order valence-corrected chi connectivity index (χ2v) is 8.37. The van der Waals surface area contributed by atoms with Crippen LogP contribution in [0.25, 0.3) is 11.0 Å². The summed E-state index contributed by atoms with van der Waals surface area (Å²) in [7, 11) is 3.71. The zero-order valence-corrected chi connectivity index (χ0v) is 18.9. The smallest absolute Gasteiger partial charge is 0.160 e. The van der Waals surface area contributed by atoms with Gasteiger partial charge in [-0.2, -0.15) is 0 Å². The van der Waals surface area contributed by atoms with Gasteiger partial charge in [0.05, 0.1) is 18.2 Å². The number of anilines is 3. The number of H-pyrrole nitrogens is 1. The molecule has 8 nitrogen and oxygen atoms in total. The van der Waals surface area contributed by atoms with Gasteiger partial charge >= 0.3 is 0 Å². The van der Waals surface area contributed by atoms with Crippen LogP contribution in [0, 0.1) is 0 Å². The first-order chi connectivity index (χ1) is 16.1. The molecule has 0 atom stereocenters. The first-order valence-electron chi connectivity index (χ1n) is 11.1. The van der Waals surface area contributed by atoms with Crippen molar-refractivity contribution in [1.29, 1.82) is 0 Å². The van der Waals surface area contributed by atoms with E-state index < -0.39 is 0 Å². The van der Waals surface area contributed by atoms with Gasteiger partial charge in [-0.15, -0.1) is 0 Å². The van der Waals surface area contributed by atoms with Gasteiger partial charge in [0.25, 0.3) is 0 Å². The zero-order valence-electron chi connectivity index (χ0n) is 18.9. The SMILES string of the molecule is COc1ccc(N(c2ccc(CN3CCN(C)CC3)cc2)c2ncnc3[nH]ccc23)cc1O. The molecule has 5 rings (SSSR count). The minimum Gasteiger partial charge on any atom is -0.504 e. The molecule has 170 valence electrons. The number of aromatic amines is 1. The highest BCUT2D eigenvalue weighted by molar-refractivity contribution is 5.93. The Morgan fingerprint density at radius 2 is 1.76 bits per heavy atom. The second-order valence-electron chi connectivity index (χ2n) is 8.37. The molecular weight excluding hydrogens is 416 g/mol. The molecule has 2 N–H and O–H groups in total. The number of fused-ring (bicyclic) bond motifs is 1. The van der Waals surface area contributed by atoms with Crippen LogP contribution in [0.3, 0.4) is 0 Å². The number of hydrogen-bond donors (Lipinski definition) is 2. The van der Waals surface area contributed by atoms with Crippen molar-refractivity contribution in [2.75, 3.05) is 45.2 Å². The normalized spacial score (nSPS) is 15.1. The standard InChI is InChI=1S/C25H28N6O2/c1-29-11-13-30(14-12-29)16-18-3-5-19(6-4-18)31(20-7-8-23(33-2)22(32)15-20)25-21-9-10-26-24(21)27-17-28-25/h3-10,15,17,32H,11-14,16H2,1-2H3,(H,26,27,28). The lowest BCUT2D eigenvalue weighted by Crippen LogP contribution is -2.43. The number of aromatic nitrogens is 3. The molecule has 0 unspecified atom stereocenters. The molecule has 1 saturated heterocycles. The van der Waals surface area contributed by atoms with Gasteiger partial charge in [0.2, 0.25) is 0 Å². The van der Waals surface area contributed by atoms with Gasteiger partial charge in [-0.25, -0.2) is 9.97 Å². The Balaban J connectivity index is 1.51. The third-order valence-corrected chi connectivity index (χ3v) is 6.16. The number of nitrogens with one attached hydrogen (secondary N) is 1. The highest BCUT2D eigenvalue weighted by Crippen LogP contribution is 2.40. The number of nitrogens with zero attached hydrogens (tertiary/aromatic N) is 5. The maximum absolute atomic E-state index is 10.5. The third-order valence-electron chi connectivity index (χ3n) is 6.16. The second kappa shape index (κ2) is 9.09. The first kappa shape index (κ1) is 21.2. The fraction of sp³-hybridized carbons (Fsp3) is 0.280. The van der Waals surface area contributed by atoms with Crippen LogP contribution in [-0.2, 0) is 6.54 Å². The molecule has 0 aliphatic carbocycles. The number of piperazine rings is 1. The molecule has 0 bridgehead atoms. The van der Waals surface area contributed by atoms with Crippen molar-refractivity contribution in [3.8, 4) is 11.5 Å². The largest absolute Gasteiger partial charge is 0.504 e. The van der Waals surface area contributed by atoms with Crippen molar-refractivity contribution in [2.45, 2.75) is 6.54 Å². The molecule has 2 aromatic carbocycles. The Hall–Kier alpha value is -3.62. The number of phenolic OH excluding ortho intramolecular Hbond substituents is 1. The molecular formula is C25H28N6O2. The lowest BCUT2D eigenvalue weighted by Gasteiger charge is -2.32. The number of ether oxygens (including phenoxy) is 1. The summed E-state index contributed by atoms with van der Waals surface area (Å²) < 4.78 is 5.24. The van der Waals surface area contributed by atoms with Gasteiger partial charge in [-0.3, -0.25) is 9.80 Å². The molecule has 1 aliphatic heterocycles. The van der Waals surface area contributed by atoms with E-state index >= 15 is 0 Å². The number of rotatable bonds is 6.